The van der Waals surface area contributed by atoms with Gasteiger partial charge in [-0.2, -0.15) is 0 Å². The summed E-state index contributed by atoms with van der Waals surface area (Å²) in [7, 11) is 1.12. The lowest BCUT2D eigenvalue weighted by Crippen LogP contribution is -2.47. The van der Waals surface area contributed by atoms with Gasteiger partial charge in [-0.25, -0.2) is 0 Å². The van der Waals surface area contributed by atoms with Crippen molar-refractivity contribution >= 4 is 19.7 Å². The molecule has 0 heterocycles. The van der Waals surface area contributed by atoms with Crippen LogP contribution in [0.25, 0.3) is 0 Å². The molecule has 0 radical (unpaired) electrons. The van der Waals surface area contributed by atoms with Crippen molar-refractivity contribution in [2.45, 2.75) is 226 Å². The van der Waals surface area contributed by atoms with Crippen LogP contribution in [0.2, 0.25) is 0 Å². The topological polar surface area (TPSA) is 114 Å². The fraction of sp³-hybridized carbons (Fsp3) is 0.695. The van der Waals surface area contributed by atoms with E-state index < -0.39 is 26.6 Å². The summed E-state index contributed by atoms with van der Waals surface area (Å²) in [6.45, 7) is 6.60. The Balaban J connectivity index is 5.51. The van der Waals surface area contributed by atoms with Crippen LogP contribution in [0.4, 0.5) is 0 Å². The minimum Gasteiger partial charge on any atom is -0.756 e. The van der Waals surface area contributed by atoms with Crippen molar-refractivity contribution in [3.05, 3.63) is 97.2 Å². The highest BCUT2D eigenvalue weighted by Gasteiger charge is 2.27. The Hall–Kier alpha value is -3.07. The number of likely N-dealkylation sites (N-methyl/N-ethyl adjacent to an activating group) is 1. The zero-order valence-electron chi connectivity index (χ0n) is 45.0. The van der Waals surface area contributed by atoms with Gasteiger partial charge in [0.05, 0.1) is 33.8 Å². The van der Waals surface area contributed by atoms with Gasteiger partial charge in [0, 0.05) is 12.8 Å². The van der Waals surface area contributed by atoms with E-state index in [1.54, 1.807) is 6.08 Å². The Morgan fingerprint density at radius 1 is 0.522 bits per heavy atom. The maximum absolute atomic E-state index is 13.4. The van der Waals surface area contributed by atoms with Crippen molar-refractivity contribution in [1.82, 2.24) is 5.32 Å². The second-order valence-corrected chi connectivity index (χ2v) is 20.8. The largest absolute Gasteiger partial charge is 0.756 e. The molecule has 0 fully saturated rings. The number of carbonyl (C=O) groups is 2. The van der Waals surface area contributed by atoms with Crippen LogP contribution in [0.1, 0.15) is 213 Å². The Bertz CT molecular complexity index is 1510. The van der Waals surface area contributed by atoms with Crippen LogP contribution in [-0.4, -0.2) is 69.4 Å². The summed E-state index contributed by atoms with van der Waals surface area (Å²) >= 11 is 0. The Kier molecular flexibility index (Phi) is 46.4. The molecule has 1 N–H and O–H groups in total. The van der Waals surface area contributed by atoms with Crippen molar-refractivity contribution in [2.75, 3.05) is 40.9 Å². The van der Waals surface area contributed by atoms with E-state index in [1.807, 2.05) is 39.4 Å². The number of amides is 1. The van der Waals surface area contributed by atoms with Gasteiger partial charge in [-0.15, -0.1) is 0 Å². The molecule has 0 rings (SSSR count). The number of hydrogen-bond donors (Lipinski definition) is 1. The first kappa shape index (κ1) is 65.9. The molecule has 1 amide bonds. The number of quaternary nitrogens is 1. The summed E-state index contributed by atoms with van der Waals surface area (Å²) in [4.78, 5) is 39.7. The smallest absolute Gasteiger partial charge is 0.306 e. The second kappa shape index (κ2) is 48.6. The molecule has 0 saturated carbocycles. The molecule has 3 atom stereocenters. The number of unbranched alkanes of at least 4 members (excludes halogenated alkanes) is 18. The number of rotatable bonds is 48. The first-order chi connectivity index (χ1) is 33.4. The van der Waals surface area contributed by atoms with Gasteiger partial charge in [0.1, 0.15) is 19.3 Å². The number of carbonyl (C=O) groups excluding carboxylic acids is 2. The highest BCUT2D eigenvalue weighted by molar-refractivity contribution is 7.45. The van der Waals surface area contributed by atoms with E-state index in [9.17, 15) is 19.0 Å². The molecular weight excluding hydrogens is 880 g/mol. The molecule has 0 aliphatic rings. The molecule has 0 aromatic heterocycles. The molecule has 0 aliphatic heterocycles. The Morgan fingerprint density at radius 3 is 1.46 bits per heavy atom. The molecule has 396 valence electrons. The summed E-state index contributed by atoms with van der Waals surface area (Å²) in [6.07, 6.45) is 63.9. The SMILES string of the molecule is CC/C=C\C/C=C\C/C=C\C/C=C\C/C=C\C/C=C\CCC(=O)NC(COP(=O)([O-])OCC[N+](C)(C)C)C(/C=C/CCCCCCCCCCCCC)OC(=O)CCCCCCC/C=C\CCCC. The number of nitrogens with zero attached hydrogens (tertiary/aromatic N) is 1. The lowest BCUT2D eigenvalue weighted by Gasteiger charge is -2.30. The van der Waals surface area contributed by atoms with Gasteiger partial charge in [-0.3, -0.25) is 14.2 Å². The maximum atomic E-state index is 13.4. The third kappa shape index (κ3) is 49.7. The van der Waals surface area contributed by atoms with E-state index in [0.29, 0.717) is 23.9 Å². The second-order valence-electron chi connectivity index (χ2n) is 19.3. The van der Waals surface area contributed by atoms with Gasteiger partial charge in [-0.1, -0.05) is 208 Å². The third-order valence-corrected chi connectivity index (χ3v) is 12.5. The standard InChI is InChI=1S/C59H103N2O7P/c1-7-10-13-16-19-22-25-27-28-29-30-31-32-34-37-39-42-45-48-51-58(62)60-56(55-67-69(64,65)66-54-53-61(4,5)6)57(50-47-44-41-38-36-33-26-23-20-17-14-11-8-2)68-59(63)52-49-46-43-40-35-24-21-18-15-12-9-3/h10,13,18-19,21-22,27-28,30-31,34,37,42,45,47,50,56-57H,7-9,11-12,14-17,20,23-26,29,32-33,35-36,38-41,43-44,46,48-49,51-55H2,1-6H3,(H-,60,62,64,65)/b13-10-,21-18-,22-19-,28-27-,31-30-,37-34-,45-42-,50-47+. The van der Waals surface area contributed by atoms with Crippen LogP contribution < -0.4 is 10.2 Å². The third-order valence-electron chi connectivity index (χ3n) is 11.5. The molecule has 0 spiro atoms. The van der Waals surface area contributed by atoms with Crippen LogP contribution in [0.3, 0.4) is 0 Å². The number of allylic oxidation sites excluding steroid dienone is 15. The molecule has 0 bridgehead atoms. The number of phosphoric ester groups is 1. The molecule has 69 heavy (non-hydrogen) atoms. The summed E-state index contributed by atoms with van der Waals surface area (Å²) < 4.78 is 30.1. The highest BCUT2D eigenvalue weighted by atomic mass is 31.2. The van der Waals surface area contributed by atoms with Gasteiger partial charge in [0.2, 0.25) is 5.91 Å². The quantitative estimate of drug-likeness (QED) is 0.0212. The number of esters is 1. The monoisotopic (exact) mass is 983 g/mol. The van der Waals surface area contributed by atoms with Gasteiger partial charge < -0.3 is 28.5 Å². The zero-order chi connectivity index (χ0) is 50.8. The maximum Gasteiger partial charge on any atom is 0.306 e. The van der Waals surface area contributed by atoms with Gasteiger partial charge >= 0.3 is 5.97 Å². The summed E-state index contributed by atoms with van der Waals surface area (Å²) in [6, 6.07) is -0.935. The normalized spacial score (nSPS) is 14.6. The van der Waals surface area contributed by atoms with Crippen molar-refractivity contribution in [3.63, 3.8) is 0 Å². The Morgan fingerprint density at radius 2 is 0.957 bits per heavy atom. The molecular formula is C59H103N2O7P. The molecule has 0 saturated heterocycles. The van der Waals surface area contributed by atoms with Crippen LogP contribution in [-0.2, 0) is 27.9 Å². The first-order valence-corrected chi connectivity index (χ1v) is 29.0. The van der Waals surface area contributed by atoms with E-state index in [2.05, 4.69) is 99.0 Å². The predicted molar refractivity (Wildman–Crippen MR) is 293 cm³/mol. The van der Waals surface area contributed by atoms with Gasteiger partial charge in [-0.05, 0) is 89.5 Å². The average Bonchev–Trinajstić information content (AvgIpc) is 3.31. The van der Waals surface area contributed by atoms with Crippen LogP contribution in [0.15, 0.2) is 97.2 Å². The van der Waals surface area contributed by atoms with Crippen molar-refractivity contribution < 1.29 is 37.3 Å². The van der Waals surface area contributed by atoms with Crippen molar-refractivity contribution in [3.8, 4) is 0 Å². The molecule has 0 aromatic carbocycles. The summed E-state index contributed by atoms with van der Waals surface area (Å²) in [5.41, 5.74) is 0. The minimum atomic E-state index is -4.72. The zero-order valence-corrected chi connectivity index (χ0v) is 45.9. The average molecular weight is 983 g/mol. The van der Waals surface area contributed by atoms with Crippen molar-refractivity contribution in [1.29, 1.82) is 0 Å². The molecule has 10 heteroatoms. The van der Waals surface area contributed by atoms with Crippen LogP contribution in [0.5, 0.6) is 0 Å². The Labute approximate surface area is 424 Å². The first-order valence-electron chi connectivity index (χ1n) is 27.5. The van der Waals surface area contributed by atoms with Crippen LogP contribution >= 0.6 is 7.82 Å². The lowest BCUT2D eigenvalue weighted by molar-refractivity contribution is -0.870. The number of phosphoric acid groups is 1. The fourth-order valence-corrected chi connectivity index (χ4v) is 7.95. The fourth-order valence-electron chi connectivity index (χ4n) is 7.23. The van der Waals surface area contributed by atoms with E-state index in [4.69, 9.17) is 13.8 Å². The predicted octanol–water partition coefficient (Wildman–Crippen LogP) is 15.8. The molecule has 3 unspecified atom stereocenters. The molecule has 0 aromatic rings. The molecule has 0 aliphatic carbocycles. The van der Waals surface area contributed by atoms with E-state index in [-0.39, 0.29) is 31.3 Å². The van der Waals surface area contributed by atoms with E-state index in [1.165, 1.54) is 70.6 Å². The van der Waals surface area contributed by atoms with E-state index >= 15 is 0 Å². The number of nitrogens with one attached hydrogen (secondary N) is 1. The molecule has 9 nitrogen and oxygen atoms in total. The number of hydrogen-bond acceptors (Lipinski definition) is 7. The summed E-state index contributed by atoms with van der Waals surface area (Å²) in [5, 5.41) is 2.96. The van der Waals surface area contributed by atoms with Gasteiger partial charge in [0.25, 0.3) is 7.82 Å². The summed E-state index contributed by atoms with van der Waals surface area (Å²) in [5.74, 6) is -0.658. The highest BCUT2D eigenvalue weighted by Crippen LogP contribution is 2.38. The minimum absolute atomic E-state index is 0.0415. The van der Waals surface area contributed by atoms with Crippen LogP contribution in [0, 0.1) is 0 Å². The van der Waals surface area contributed by atoms with Crippen molar-refractivity contribution in [2.24, 2.45) is 0 Å². The lowest BCUT2D eigenvalue weighted by atomic mass is 10.0. The van der Waals surface area contributed by atoms with Gasteiger partial charge in [0.15, 0.2) is 0 Å². The van der Waals surface area contributed by atoms with E-state index in [0.717, 1.165) is 96.3 Å². The number of ether oxygens (including phenoxy) is 1.